The number of phenols is 1. The van der Waals surface area contributed by atoms with Crippen LogP contribution in [0, 0.1) is 29.6 Å². The van der Waals surface area contributed by atoms with Gasteiger partial charge in [-0.1, -0.05) is 69.4 Å². The summed E-state index contributed by atoms with van der Waals surface area (Å²) < 4.78 is 67.9. The second-order valence-corrected chi connectivity index (χ2v) is 32.8. The lowest BCUT2D eigenvalue weighted by Gasteiger charge is -2.43. The first kappa shape index (κ1) is 98.8. The number of hydrogen-bond donors (Lipinski definition) is 10. The van der Waals surface area contributed by atoms with E-state index in [4.69, 9.17) is 68.7 Å². The van der Waals surface area contributed by atoms with Crippen molar-refractivity contribution in [2.45, 2.75) is 231 Å². The van der Waals surface area contributed by atoms with Gasteiger partial charge in [0.25, 0.3) is 11.7 Å². The van der Waals surface area contributed by atoms with Crippen molar-refractivity contribution in [1.82, 2.24) is 60.6 Å². The Bertz CT molecular complexity index is 4360. The highest BCUT2D eigenvalue weighted by atomic mass is 16.6. The Labute approximate surface area is 724 Å². The van der Waals surface area contributed by atoms with Gasteiger partial charge in [-0.2, -0.15) is 5.10 Å². The number of ether oxygens (including phenoxy) is 11. The molecule has 4 aromatic heterocycles. The van der Waals surface area contributed by atoms with E-state index >= 15 is 0 Å². The van der Waals surface area contributed by atoms with Crippen LogP contribution in [0.5, 0.6) is 5.75 Å². The zero-order valence-corrected chi connectivity index (χ0v) is 73.3. The Morgan fingerprint density at radius 3 is 2.17 bits per heavy atom. The fourth-order valence-corrected chi connectivity index (χ4v) is 16.4. The molecule has 12 N–H and O–H groups in total. The Hall–Kier alpha value is -9.02. The van der Waals surface area contributed by atoms with Crippen LogP contribution in [0.3, 0.4) is 0 Å². The van der Waals surface area contributed by atoms with Crippen LogP contribution < -0.4 is 27.4 Å². The molecule has 1 saturated carbocycles. The van der Waals surface area contributed by atoms with Crippen LogP contribution in [0.15, 0.2) is 84.4 Å². The van der Waals surface area contributed by atoms with E-state index in [1.54, 1.807) is 74.8 Å². The molecule has 3 fully saturated rings. The normalized spacial score (nSPS) is 27.3. The van der Waals surface area contributed by atoms with Crippen LogP contribution in [-0.4, -0.2) is 280 Å². The number of cyclic esters (lactones) is 1. The second kappa shape index (κ2) is 50.4. The number of piperidine rings is 1. The third-order valence-electron chi connectivity index (χ3n) is 23.5. The Morgan fingerprint density at radius 1 is 0.758 bits per heavy atom. The largest absolute Gasteiger partial charge is 0.508 e. The molecule has 2 bridgehead atoms. The highest BCUT2D eigenvalue weighted by Crippen LogP contribution is 2.40. The number of esters is 1. The summed E-state index contributed by atoms with van der Waals surface area (Å²) >= 11 is 0. The number of methoxy groups -OCH3 is 2. The first-order valence-electron chi connectivity index (χ1n) is 43.7. The molecule has 36 heteroatoms. The number of carbonyl (C=O) groups is 7. The second-order valence-electron chi connectivity index (χ2n) is 32.8. The zero-order valence-electron chi connectivity index (χ0n) is 73.3. The number of phenolic OH excluding ortho intramolecular Hbond substituents is 1. The van der Waals surface area contributed by atoms with Crippen LogP contribution in [0.2, 0.25) is 0 Å². The molecule has 2 saturated heterocycles. The van der Waals surface area contributed by atoms with Crippen LogP contribution in [0.4, 0.5) is 10.6 Å². The van der Waals surface area contributed by atoms with Crippen molar-refractivity contribution in [3.05, 3.63) is 90.1 Å². The average Bonchev–Trinajstić information content (AvgIpc) is 1.63. The number of nitrogen functional groups attached to an aromatic ring is 1. The first-order chi connectivity index (χ1) is 59.7. The summed E-state index contributed by atoms with van der Waals surface area (Å²) in [7, 11) is 3.17. The first-order valence-corrected chi connectivity index (χ1v) is 43.7. The average molecular weight is 1740 g/mol. The number of alkyl carbamates (subject to hydrolysis) is 1. The van der Waals surface area contributed by atoms with Crippen molar-refractivity contribution in [1.29, 1.82) is 0 Å². The molecule has 4 amide bonds. The molecule has 124 heavy (non-hydrogen) atoms. The highest BCUT2D eigenvalue weighted by Gasteiger charge is 2.53. The van der Waals surface area contributed by atoms with Gasteiger partial charge in [0, 0.05) is 114 Å². The quantitative estimate of drug-likeness (QED) is 0.00836. The summed E-state index contributed by atoms with van der Waals surface area (Å²) in [5.74, 6) is -7.79. The van der Waals surface area contributed by atoms with E-state index in [-0.39, 0.29) is 146 Å². The maximum absolute atomic E-state index is 14.9. The van der Waals surface area contributed by atoms with E-state index in [9.17, 15) is 54.0 Å². The van der Waals surface area contributed by atoms with Gasteiger partial charge in [0.05, 0.1) is 114 Å². The molecule has 1 aromatic carbocycles. The predicted octanol–water partition coefficient (Wildman–Crippen LogP) is 6.90. The lowest BCUT2D eigenvalue weighted by molar-refractivity contribution is -0.265. The minimum atomic E-state index is -2.49. The number of Topliss-reactive ketones (excluding diaryl/α,β-unsaturated/α-hetero) is 2. The van der Waals surface area contributed by atoms with E-state index in [0.29, 0.717) is 137 Å². The number of nitrogens with one attached hydrogen (secondary N) is 4. The molecule has 0 radical (unpaired) electrons. The van der Waals surface area contributed by atoms with Gasteiger partial charge in [0.2, 0.25) is 17.6 Å². The van der Waals surface area contributed by atoms with Crippen molar-refractivity contribution in [3.63, 3.8) is 0 Å². The number of aromatic hydroxyl groups is 1. The Kier molecular flexibility index (Phi) is 40.1. The summed E-state index contributed by atoms with van der Waals surface area (Å²) in [5, 5.41) is 68.3. The summed E-state index contributed by atoms with van der Waals surface area (Å²) in [4.78, 5) is 108. The number of benzene rings is 1. The molecule has 1 aliphatic carbocycles. The number of aliphatic hydroxyl groups is 3. The molecule has 3 aliphatic heterocycles. The number of H-pyrrole nitrogens is 1. The number of nitrogens with two attached hydrogens (primary N) is 2. The number of aliphatic hydroxyl groups excluding tert-OH is 2. The molecule has 5 aromatic rings. The predicted molar refractivity (Wildman–Crippen MR) is 458 cm³/mol. The smallest absolute Gasteiger partial charge is 0.407 e. The molecule has 16 atom stereocenters. The number of hydrogen-bond acceptors (Lipinski definition) is 29. The SMILES string of the molecule is CCO[C@@H]1C[C@@H]([C@H](N)C[C@@H]2CC[C@H](n3cc(COC(=O)NCCOCCOCCOCCC(=O)NCCOCCOCCC(=O)NCCCCn4nc(-c5cc6cc(O)ccc6[nH]5)c5c(N)ncnc54)nn3)[C@H](OC)C2)OC(=O)[C@@H]2CCCCN2C(=O)C(=O)[C@]2(O)O[C@@H](CC[C@H]2C)C[C@H](OC)/C(C)=C/C=C/C=C/[C@@H](C)C[C@@H](C)C(=O)[C@H](O)[C@H](O)/C(C)=C/[C@H]1C. The van der Waals surface area contributed by atoms with Crippen molar-refractivity contribution >= 4 is 69.1 Å². The number of anilines is 1. The number of unbranched alkanes of at least 4 members (excludes halogenated alkanes) is 1. The highest BCUT2D eigenvalue weighted by molar-refractivity contribution is 6.39. The third kappa shape index (κ3) is 29.3. The Balaban J connectivity index is 0.640. The van der Waals surface area contributed by atoms with Gasteiger partial charge in [-0.25, -0.2) is 28.9 Å². The summed E-state index contributed by atoms with van der Waals surface area (Å²) in [6.07, 6.45) is 13.9. The third-order valence-corrected chi connectivity index (χ3v) is 23.5. The van der Waals surface area contributed by atoms with Gasteiger partial charge in [-0.05, 0) is 145 Å². The maximum atomic E-state index is 14.9. The molecule has 0 spiro atoms. The van der Waals surface area contributed by atoms with Gasteiger partial charge in [-0.15, -0.1) is 5.10 Å². The fourth-order valence-electron chi connectivity index (χ4n) is 16.4. The molecular formula is C88H132N14O22. The number of aromatic amines is 1. The molecular weight excluding hydrogens is 1610 g/mol. The number of fused-ring (bicyclic) bond motifs is 5. The monoisotopic (exact) mass is 1740 g/mol. The number of amides is 4. The van der Waals surface area contributed by atoms with E-state index < -0.39 is 102 Å². The van der Waals surface area contributed by atoms with E-state index in [0.717, 1.165) is 28.6 Å². The van der Waals surface area contributed by atoms with Gasteiger partial charge < -0.3 is 110 Å². The zero-order chi connectivity index (χ0) is 89.2. The van der Waals surface area contributed by atoms with Crippen molar-refractivity contribution in [2.75, 3.05) is 119 Å². The number of aryl methyl sites for hydroxylation is 1. The maximum Gasteiger partial charge on any atom is 0.407 e. The number of allylic oxidation sites excluding steroid dienone is 5. The van der Waals surface area contributed by atoms with Crippen LogP contribution in [-0.2, 0) is 94.0 Å². The number of carbonyl (C=O) groups excluding carboxylic acids is 7. The molecule has 4 aliphatic rings. The van der Waals surface area contributed by atoms with Crippen molar-refractivity contribution in [3.8, 4) is 17.1 Å². The summed E-state index contributed by atoms with van der Waals surface area (Å²) in [6.45, 7) is 16.8. The van der Waals surface area contributed by atoms with Crippen molar-refractivity contribution in [2.24, 2.45) is 35.3 Å². The number of rotatable bonds is 37. The minimum absolute atomic E-state index is 0.0416. The van der Waals surface area contributed by atoms with E-state index in [1.807, 2.05) is 64.1 Å². The lowest BCUT2D eigenvalue weighted by atomic mass is 9.79. The summed E-state index contributed by atoms with van der Waals surface area (Å²) in [5.41, 5.74) is 17.9. The fraction of sp³-hybridized carbons (Fsp3) is 0.659. The molecule has 9 rings (SSSR count). The molecule has 686 valence electrons. The lowest BCUT2D eigenvalue weighted by Crippen LogP contribution is -2.61. The standard InChI is InChI=1S/C88H132N14O22/c1-10-121-72-51-73(123-86(111)70-20-14-16-32-100(70)85(110)82(109)88(113)60(7)21-24-65(124-88)50-71(114-8)56(3)19-13-11-12-18-55(2)44-58(5)79(106)81(108)80(107)59(6)45-57(72)4)66(89)46-61-22-26-69(74(47-61)115-9)102-52-63(97-99-102)53-122-87(112)93-31-37-119-41-43-120-42-39-117-35-28-76(105)92-30-36-118-40-38-116-34-27-75(104)91-29-15-17-33-101-84-77(83(90)94-54-95-84)78(98-101)68-49-62-48-64(103)23-25-67(62)96-68/h11-13,18-19,23,25,45,48-49,52,54-55,57-58,60-61,65-66,69-74,80-81,96,103,107-108,113H,10,14-17,20-22,24,26-44,46-47,50-51,53,89H2,1-9H3,(H,91,104)(H,92,105)(H,93,112)(H2,90,94,95)/b13-11+,18-12+,56-19+,59-45+/t55-,57-,58-,60-,61+,65+,66-,69+,70+,71+,72-,73+,74-,80-,81+,88-/m1/s1. The molecule has 0 unspecified atom stereocenters. The van der Waals surface area contributed by atoms with E-state index in [2.05, 4.69) is 41.2 Å². The van der Waals surface area contributed by atoms with Crippen LogP contribution in [0.1, 0.15) is 163 Å². The number of ketones is 2. The van der Waals surface area contributed by atoms with Crippen LogP contribution >= 0.6 is 0 Å². The molecule has 36 nitrogen and oxygen atoms in total. The van der Waals surface area contributed by atoms with Gasteiger partial charge in [0.1, 0.15) is 60.2 Å². The summed E-state index contributed by atoms with van der Waals surface area (Å²) in [6, 6.07) is 4.69. The number of aromatic nitrogens is 8. The molecule has 7 heterocycles. The number of nitrogens with zero attached hydrogens (tertiary/aromatic N) is 8. The van der Waals surface area contributed by atoms with Crippen molar-refractivity contribution < 1.29 is 106 Å². The van der Waals surface area contributed by atoms with Crippen LogP contribution in [0.25, 0.3) is 33.3 Å². The van der Waals surface area contributed by atoms with Gasteiger partial charge in [-0.3, -0.25) is 24.0 Å². The van der Waals surface area contributed by atoms with Gasteiger partial charge >= 0.3 is 12.1 Å². The topological polar surface area (TPSA) is 483 Å². The minimum Gasteiger partial charge on any atom is -0.508 e. The van der Waals surface area contributed by atoms with E-state index in [1.165, 1.54) is 11.2 Å². The van der Waals surface area contributed by atoms with Gasteiger partial charge in [0.15, 0.2) is 11.4 Å². The Morgan fingerprint density at radius 2 is 1.46 bits per heavy atom.